The number of anilines is 1. The molecule has 0 saturated heterocycles. The van der Waals surface area contributed by atoms with Gasteiger partial charge in [-0.05, 0) is 59.3 Å². The van der Waals surface area contributed by atoms with E-state index in [1.54, 1.807) is 12.1 Å². The van der Waals surface area contributed by atoms with Crippen LogP contribution in [0.15, 0.2) is 36.4 Å². The largest absolute Gasteiger partial charge is 0.476 e. The molecular formula is C14H15IN2O2. The number of hydrogen-bond acceptors (Lipinski definition) is 4. The monoisotopic (exact) mass is 370 g/mol. The number of ether oxygens (including phenoxy) is 2. The van der Waals surface area contributed by atoms with E-state index in [0.29, 0.717) is 24.1 Å². The Bertz CT molecular complexity index is 544. The summed E-state index contributed by atoms with van der Waals surface area (Å²) < 4.78 is 12.3. The fraction of sp³-hybridized carbons (Fsp3) is 0.214. The highest BCUT2D eigenvalue weighted by molar-refractivity contribution is 14.1. The third-order valence-corrected chi connectivity index (χ3v) is 3.06. The highest BCUT2D eigenvalue weighted by atomic mass is 127. The van der Waals surface area contributed by atoms with Crippen LogP contribution in [0.4, 0.5) is 5.69 Å². The van der Waals surface area contributed by atoms with E-state index < -0.39 is 0 Å². The van der Waals surface area contributed by atoms with Crippen LogP contribution in [0.1, 0.15) is 13.3 Å². The molecule has 0 saturated carbocycles. The fourth-order valence-electron chi connectivity index (χ4n) is 1.43. The zero-order valence-corrected chi connectivity index (χ0v) is 12.8. The van der Waals surface area contributed by atoms with Crippen LogP contribution in [0, 0.1) is 3.57 Å². The van der Waals surface area contributed by atoms with Crippen LogP contribution in [0.25, 0.3) is 0 Å². The van der Waals surface area contributed by atoms with Crippen molar-refractivity contribution >= 4 is 28.3 Å². The molecule has 0 radical (unpaired) electrons. The normalized spacial score (nSPS) is 10.2. The van der Waals surface area contributed by atoms with Crippen LogP contribution < -0.4 is 15.2 Å². The predicted octanol–water partition coefficient (Wildman–Crippen LogP) is 3.85. The van der Waals surface area contributed by atoms with Crippen molar-refractivity contribution in [3.8, 4) is 17.5 Å². The zero-order valence-electron chi connectivity index (χ0n) is 10.6. The lowest BCUT2D eigenvalue weighted by molar-refractivity contribution is 0.302. The van der Waals surface area contributed by atoms with Gasteiger partial charge in [0.2, 0.25) is 11.8 Å². The van der Waals surface area contributed by atoms with E-state index in [1.807, 2.05) is 31.2 Å². The Morgan fingerprint density at radius 1 is 1.16 bits per heavy atom. The molecule has 0 aliphatic carbocycles. The topological polar surface area (TPSA) is 57.4 Å². The molecule has 0 spiro atoms. The van der Waals surface area contributed by atoms with Crippen molar-refractivity contribution in [2.75, 3.05) is 12.3 Å². The van der Waals surface area contributed by atoms with Crippen LogP contribution in [0.2, 0.25) is 0 Å². The van der Waals surface area contributed by atoms with E-state index in [0.717, 1.165) is 15.7 Å². The molecule has 4 nitrogen and oxygen atoms in total. The van der Waals surface area contributed by atoms with Gasteiger partial charge in [0.1, 0.15) is 5.75 Å². The van der Waals surface area contributed by atoms with Crippen LogP contribution in [-0.4, -0.2) is 11.6 Å². The molecule has 2 aromatic rings. The number of nitrogen functional groups attached to an aromatic ring is 1. The van der Waals surface area contributed by atoms with Crippen LogP contribution >= 0.6 is 22.6 Å². The molecule has 19 heavy (non-hydrogen) atoms. The Kier molecular flexibility index (Phi) is 4.84. The van der Waals surface area contributed by atoms with E-state index in [1.165, 1.54) is 0 Å². The molecule has 0 bridgehead atoms. The molecule has 0 aliphatic heterocycles. The van der Waals surface area contributed by atoms with Gasteiger partial charge in [-0.15, -0.1) is 0 Å². The molecule has 0 aliphatic rings. The first kappa shape index (κ1) is 13.9. The summed E-state index contributed by atoms with van der Waals surface area (Å²) in [4.78, 5) is 4.26. The number of benzene rings is 1. The van der Waals surface area contributed by atoms with Gasteiger partial charge in [0.25, 0.3) is 0 Å². The van der Waals surface area contributed by atoms with Crippen LogP contribution in [-0.2, 0) is 0 Å². The fourth-order valence-corrected chi connectivity index (χ4v) is 1.79. The molecule has 0 atom stereocenters. The molecule has 1 aromatic heterocycles. The number of pyridine rings is 1. The highest BCUT2D eigenvalue weighted by Crippen LogP contribution is 2.26. The molecule has 0 unspecified atom stereocenters. The number of halogens is 1. The maximum absolute atomic E-state index is 5.80. The van der Waals surface area contributed by atoms with Gasteiger partial charge in [0.15, 0.2) is 0 Å². The predicted molar refractivity (Wildman–Crippen MR) is 83.7 cm³/mol. The average molecular weight is 370 g/mol. The second-order valence-corrected chi connectivity index (χ2v) is 5.19. The van der Waals surface area contributed by atoms with E-state index in [9.17, 15) is 0 Å². The minimum Gasteiger partial charge on any atom is -0.476 e. The molecule has 1 heterocycles. The van der Waals surface area contributed by atoms with Crippen LogP contribution in [0.5, 0.6) is 17.5 Å². The standard InChI is InChI=1S/C14H15IN2O2/c1-2-9-18-14-12(16)7-8-13(17-14)19-11-5-3-10(15)4-6-11/h3-8H,2,9,16H2,1H3. The summed E-state index contributed by atoms with van der Waals surface area (Å²) in [6.07, 6.45) is 0.906. The Hall–Kier alpha value is -1.50. The van der Waals surface area contributed by atoms with Gasteiger partial charge in [0.05, 0.1) is 12.3 Å². The Labute approximate surface area is 126 Å². The van der Waals surface area contributed by atoms with E-state index in [2.05, 4.69) is 27.6 Å². The number of rotatable bonds is 5. The van der Waals surface area contributed by atoms with Gasteiger partial charge in [-0.3, -0.25) is 0 Å². The summed E-state index contributed by atoms with van der Waals surface area (Å²) in [7, 11) is 0. The van der Waals surface area contributed by atoms with E-state index in [-0.39, 0.29) is 0 Å². The van der Waals surface area contributed by atoms with Gasteiger partial charge in [-0.2, -0.15) is 4.98 Å². The van der Waals surface area contributed by atoms with Crippen molar-refractivity contribution in [2.45, 2.75) is 13.3 Å². The Morgan fingerprint density at radius 2 is 1.89 bits per heavy atom. The molecule has 1 aromatic carbocycles. The zero-order chi connectivity index (χ0) is 13.7. The molecule has 2 rings (SSSR count). The van der Waals surface area contributed by atoms with E-state index in [4.69, 9.17) is 15.2 Å². The third kappa shape index (κ3) is 3.99. The average Bonchev–Trinajstić information content (AvgIpc) is 2.42. The molecule has 5 heteroatoms. The lowest BCUT2D eigenvalue weighted by Gasteiger charge is -2.09. The first-order valence-electron chi connectivity index (χ1n) is 6.02. The minimum atomic E-state index is 0.421. The highest BCUT2D eigenvalue weighted by Gasteiger charge is 2.06. The van der Waals surface area contributed by atoms with Crippen molar-refractivity contribution in [1.82, 2.24) is 4.98 Å². The summed E-state index contributed by atoms with van der Waals surface area (Å²) in [5, 5.41) is 0. The second kappa shape index (κ2) is 6.60. The van der Waals surface area contributed by atoms with E-state index >= 15 is 0 Å². The molecule has 100 valence electrons. The van der Waals surface area contributed by atoms with Crippen molar-refractivity contribution < 1.29 is 9.47 Å². The Balaban J connectivity index is 2.14. The first-order valence-corrected chi connectivity index (χ1v) is 7.09. The number of nitrogens with two attached hydrogens (primary N) is 1. The summed E-state index contributed by atoms with van der Waals surface area (Å²) in [6.45, 7) is 2.62. The smallest absolute Gasteiger partial charge is 0.240 e. The van der Waals surface area contributed by atoms with Crippen molar-refractivity contribution in [3.05, 3.63) is 40.0 Å². The summed E-state index contributed by atoms with van der Waals surface area (Å²) in [5.41, 5.74) is 6.32. The quantitative estimate of drug-likeness (QED) is 0.813. The molecule has 0 amide bonds. The van der Waals surface area contributed by atoms with Gasteiger partial charge < -0.3 is 15.2 Å². The third-order valence-electron chi connectivity index (χ3n) is 2.34. The number of hydrogen-bond donors (Lipinski definition) is 1. The minimum absolute atomic E-state index is 0.421. The van der Waals surface area contributed by atoms with Gasteiger partial charge in [-0.25, -0.2) is 0 Å². The maximum atomic E-state index is 5.80. The summed E-state index contributed by atoms with van der Waals surface area (Å²) in [5.74, 6) is 1.63. The number of aromatic nitrogens is 1. The maximum Gasteiger partial charge on any atom is 0.240 e. The van der Waals surface area contributed by atoms with Gasteiger partial charge >= 0.3 is 0 Å². The summed E-state index contributed by atoms with van der Waals surface area (Å²) >= 11 is 2.24. The SMILES string of the molecule is CCCOc1nc(Oc2ccc(I)cc2)ccc1N. The second-order valence-electron chi connectivity index (χ2n) is 3.95. The summed E-state index contributed by atoms with van der Waals surface area (Å²) in [6, 6.07) is 11.2. The lowest BCUT2D eigenvalue weighted by atomic mass is 10.3. The van der Waals surface area contributed by atoms with Crippen molar-refractivity contribution in [1.29, 1.82) is 0 Å². The first-order chi connectivity index (χ1) is 9.19. The lowest BCUT2D eigenvalue weighted by Crippen LogP contribution is -2.02. The molecule has 0 fully saturated rings. The number of nitrogens with zero attached hydrogens (tertiary/aromatic N) is 1. The van der Waals surface area contributed by atoms with Crippen molar-refractivity contribution in [2.24, 2.45) is 0 Å². The van der Waals surface area contributed by atoms with Crippen molar-refractivity contribution in [3.63, 3.8) is 0 Å². The van der Waals surface area contributed by atoms with Crippen LogP contribution in [0.3, 0.4) is 0 Å². The van der Waals surface area contributed by atoms with Gasteiger partial charge in [0, 0.05) is 9.64 Å². The van der Waals surface area contributed by atoms with Gasteiger partial charge in [-0.1, -0.05) is 6.92 Å². The molecular weight excluding hydrogens is 355 g/mol. The molecule has 2 N–H and O–H groups in total. The Morgan fingerprint density at radius 3 is 2.58 bits per heavy atom.